The summed E-state index contributed by atoms with van der Waals surface area (Å²) in [7, 11) is -3.32. The molecular weight excluding hydrogens is 316 g/mol. The highest BCUT2D eigenvalue weighted by molar-refractivity contribution is 6.70. The van der Waals surface area contributed by atoms with Crippen molar-refractivity contribution in [3.8, 4) is 0 Å². The summed E-state index contributed by atoms with van der Waals surface area (Å²) in [5.74, 6) is 3.90. The third-order valence-electron chi connectivity index (χ3n) is 3.43. The van der Waals surface area contributed by atoms with Crippen molar-refractivity contribution < 1.29 is 8.85 Å². The number of hydrogen-bond donors (Lipinski definition) is 0. The number of hydrogen-bond acceptors (Lipinski definition) is 2. The Morgan fingerprint density at radius 2 is 1.39 bits per heavy atom. The molecule has 0 bridgehead atoms. The maximum absolute atomic E-state index is 6.55. The smallest absolute Gasteiger partial charge is 0.242 e. The molecule has 1 aliphatic rings. The quantitative estimate of drug-likeness (QED) is 0.460. The first-order valence-electron chi connectivity index (χ1n) is 9.11. The second kappa shape index (κ2) is 7.60. The van der Waals surface area contributed by atoms with E-state index >= 15 is 0 Å². The van der Waals surface area contributed by atoms with Gasteiger partial charge < -0.3 is 8.85 Å². The van der Waals surface area contributed by atoms with Gasteiger partial charge in [0.15, 0.2) is 0 Å². The average molecular weight is 355 g/mol. The number of rotatable bonds is 8. The second-order valence-electron chi connectivity index (χ2n) is 9.65. The summed E-state index contributed by atoms with van der Waals surface area (Å²) in [6.07, 6.45) is 4.65. The van der Waals surface area contributed by atoms with Crippen LogP contribution in [-0.4, -0.2) is 16.6 Å². The van der Waals surface area contributed by atoms with Crippen LogP contribution in [0, 0.1) is 17.8 Å². The summed E-state index contributed by atoms with van der Waals surface area (Å²) in [4.78, 5) is 0. The summed E-state index contributed by atoms with van der Waals surface area (Å²) in [5, 5.41) is 0. The van der Waals surface area contributed by atoms with Crippen molar-refractivity contribution >= 4 is 16.6 Å². The summed E-state index contributed by atoms with van der Waals surface area (Å²) < 4.78 is 13.1. The lowest BCUT2D eigenvalue weighted by Crippen LogP contribution is -2.30. The van der Waals surface area contributed by atoms with Gasteiger partial charge in [-0.3, -0.25) is 0 Å². The van der Waals surface area contributed by atoms with E-state index in [2.05, 4.69) is 73.1 Å². The van der Waals surface area contributed by atoms with Gasteiger partial charge in [0.05, 0.1) is 0 Å². The predicted octanol–water partition coefficient (Wildman–Crippen LogP) is 6.55. The summed E-state index contributed by atoms with van der Waals surface area (Å²) >= 11 is 0. The zero-order valence-corrected chi connectivity index (χ0v) is 19.0. The molecule has 0 heterocycles. The molecule has 0 aliphatic heterocycles. The third-order valence-corrected chi connectivity index (χ3v) is 5.08. The average Bonchev–Trinajstić information content (AvgIpc) is 2.52. The minimum Gasteiger partial charge on any atom is -0.544 e. The van der Waals surface area contributed by atoms with Crippen LogP contribution in [0.3, 0.4) is 0 Å². The van der Waals surface area contributed by atoms with Crippen LogP contribution < -0.4 is 0 Å². The van der Waals surface area contributed by atoms with Crippen molar-refractivity contribution in [3.05, 3.63) is 23.2 Å². The topological polar surface area (TPSA) is 18.5 Å². The molecule has 23 heavy (non-hydrogen) atoms. The van der Waals surface area contributed by atoms with Gasteiger partial charge in [-0.15, -0.1) is 0 Å². The molecule has 0 saturated carbocycles. The molecule has 134 valence electrons. The van der Waals surface area contributed by atoms with Crippen molar-refractivity contribution in [1.82, 2.24) is 0 Å². The first-order valence-corrected chi connectivity index (χ1v) is 15.9. The van der Waals surface area contributed by atoms with E-state index in [0.717, 1.165) is 24.4 Å². The zero-order valence-electron chi connectivity index (χ0n) is 17.0. The van der Waals surface area contributed by atoms with Gasteiger partial charge in [0.2, 0.25) is 16.6 Å². The largest absolute Gasteiger partial charge is 0.544 e. The molecule has 0 radical (unpaired) electrons. The van der Waals surface area contributed by atoms with Crippen LogP contribution in [0.5, 0.6) is 0 Å². The van der Waals surface area contributed by atoms with Gasteiger partial charge in [-0.25, -0.2) is 0 Å². The Morgan fingerprint density at radius 3 is 1.78 bits per heavy atom. The van der Waals surface area contributed by atoms with E-state index in [1.165, 1.54) is 5.57 Å². The molecule has 0 aromatic carbocycles. The van der Waals surface area contributed by atoms with Crippen LogP contribution in [0.25, 0.3) is 0 Å². The molecule has 1 rings (SSSR count). The Hall–Kier alpha value is -0.486. The van der Waals surface area contributed by atoms with E-state index in [-0.39, 0.29) is 0 Å². The van der Waals surface area contributed by atoms with E-state index in [0.29, 0.717) is 17.8 Å². The molecule has 4 heteroatoms. The lowest BCUT2D eigenvalue weighted by molar-refractivity contribution is 0.307. The van der Waals surface area contributed by atoms with Crippen molar-refractivity contribution in [1.29, 1.82) is 0 Å². The molecule has 0 saturated heterocycles. The van der Waals surface area contributed by atoms with Crippen molar-refractivity contribution in [2.24, 2.45) is 17.8 Å². The molecule has 0 N–H and O–H groups in total. The van der Waals surface area contributed by atoms with Gasteiger partial charge in [-0.2, -0.15) is 0 Å². The van der Waals surface area contributed by atoms with E-state index in [1.54, 1.807) is 0 Å². The Labute approximate surface area is 146 Å². The molecule has 1 aliphatic carbocycles. The molecule has 0 aromatic rings. The molecule has 2 nitrogen and oxygen atoms in total. The minimum absolute atomic E-state index is 0.391. The fourth-order valence-electron chi connectivity index (χ4n) is 2.88. The molecule has 0 spiro atoms. The monoisotopic (exact) mass is 354 g/mol. The van der Waals surface area contributed by atoms with Crippen LogP contribution >= 0.6 is 0 Å². The predicted molar refractivity (Wildman–Crippen MR) is 106 cm³/mol. The van der Waals surface area contributed by atoms with Gasteiger partial charge in [-0.1, -0.05) is 33.8 Å². The minimum atomic E-state index is -1.67. The molecule has 1 atom stereocenters. The highest BCUT2D eigenvalue weighted by atomic mass is 28.4. The molecule has 0 aromatic heterocycles. The van der Waals surface area contributed by atoms with E-state index in [9.17, 15) is 0 Å². The maximum atomic E-state index is 6.55. The first-order chi connectivity index (χ1) is 10.3. The standard InChI is InChI=1S/C19H38O2Si2/c1-14(2)11-16-13-17(12-15(3)4)19(21-23(8,9)10)18(16)20-22(5,6)7/h13-16H,11-12H2,1-10H3. The van der Waals surface area contributed by atoms with Crippen molar-refractivity contribution in [3.63, 3.8) is 0 Å². The Kier molecular flexibility index (Phi) is 6.79. The van der Waals surface area contributed by atoms with Crippen molar-refractivity contribution in [2.75, 3.05) is 0 Å². The van der Waals surface area contributed by atoms with Gasteiger partial charge >= 0.3 is 0 Å². The van der Waals surface area contributed by atoms with E-state index < -0.39 is 16.6 Å². The molecule has 1 unspecified atom stereocenters. The zero-order chi connectivity index (χ0) is 18.0. The Bertz CT molecular complexity index is 463. The fourth-order valence-corrected chi connectivity index (χ4v) is 4.63. The van der Waals surface area contributed by atoms with Crippen LogP contribution in [0.1, 0.15) is 40.5 Å². The maximum Gasteiger partial charge on any atom is 0.242 e. The highest BCUT2D eigenvalue weighted by Gasteiger charge is 2.35. The SMILES string of the molecule is CC(C)CC1=CC(CC(C)C)C(O[Si](C)(C)C)=C1O[Si](C)(C)C. The van der Waals surface area contributed by atoms with Crippen LogP contribution in [0.4, 0.5) is 0 Å². The Morgan fingerprint density at radius 1 is 0.870 bits per heavy atom. The summed E-state index contributed by atoms with van der Waals surface area (Å²) in [6, 6.07) is 0. The molecular formula is C19H38O2Si2. The second-order valence-corrected chi connectivity index (χ2v) is 18.5. The Balaban J connectivity index is 3.26. The van der Waals surface area contributed by atoms with Crippen LogP contribution in [-0.2, 0) is 8.85 Å². The third kappa shape index (κ3) is 7.29. The van der Waals surface area contributed by atoms with Gasteiger partial charge in [-0.05, 0) is 69.5 Å². The molecule has 0 amide bonds. The lowest BCUT2D eigenvalue weighted by Gasteiger charge is -2.29. The van der Waals surface area contributed by atoms with Gasteiger partial charge in [0, 0.05) is 5.92 Å². The van der Waals surface area contributed by atoms with E-state index in [1.807, 2.05) is 0 Å². The van der Waals surface area contributed by atoms with Crippen molar-refractivity contribution in [2.45, 2.75) is 79.8 Å². The van der Waals surface area contributed by atoms with Gasteiger partial charge in [0.25, 0.3) is 0 Å². The lowest BCUT2D eigenvalue weighted by atomic mass is 9.96. The first kappa shape index (κ1) is 20.6. The van der Waals surface area contributed by atoms with Gasteiger partial charge in [0.1, 0.15) is 11.5 Å². The highest BCUT2D eigenvalue weighted by Crippen LogP contribution is 2.41. The van der Waals surface area contributed by atoms with E-state index in [4.69, 9.17) is 8.85 Å². The summed E-state index contributed by atoms with van der Waals surface area (Å²) in [6.45, 7) is 22.7. The van der Waals surface area contributed by atoms with Crippen LogP contribution in [0.2, 0.25) is 39.3 Å². The summed E-state index contributed by atoms with van der Waals surface area (Å²) in [5.41, 5.74) is 1.38. The number of allylic oxidation sites excluding steroid dienone is 2. The van der Waals surface area contributed by atoms with Crippen LogP contribution in [0.15, 0.2) is 23.2 Å². The molecule has 0 fully saturated rings. The fraction of sp³-hybridized carbons (Fsp3) is 0.789. The normalized spacial score (nSPS) is 19.7.